The molecule has 62 valence electrons. The number of aryl methyl sites for hydroxylation is 1. The maximum atomic E-state index is 12.4. The Bertz CT molecular complexity index is 246. The summed E-state index contributed by atoms with van der Waals surface area (Å²) < 4.78 is 29.3. The van der Waals surface area contributed by atoms with Crippen LogP contribution in [0.25, 0.3) is 0 Å². The van der Waals surface area contributed by atoms with E-state index in [1.54, 1.807) is 6.92 Å². The molecule has 1 rings (SSSR count). The van der Waals surface area contributed by atoms with Crippen molar-refractivity contribution in [1.82, 2.24) is 9.97 Å². The summed E-state index contributed by atoms with van der Waals surface area (Å²) in [4.78, 5) is 6.90. The normalized spacial score (nSPS) is 13.1. The van der Waals surface area contributed by atoms with Crippen LogP contribution in [-0.2, 0) is 0 Å². The van der Waals surface area contributed by atoms with Gasteiger partial charge >= 0.3 is 0 Å². The Labute approximate surface area is 64.8 Å². The third kappa shape index (κ3) is 2.11. The molecular weight excluding hydrogens is 171 g/mol. The van der Waals surface area contributed by atoms with Crippen LogP contribution in [-0.4, -0.2) is 19.1 Å². The third-order valence-corrected chi connectivity index (χ3v) is 1.87. The highest BCUT2D eigenvalue weighted by molar-refractivity contribution is 8.19. The summed E-state index contributed by atoms with van der Waals surface area (Å²) in [7, 11) is -4.14. The van der Waals surface area contributed by atoms with Gasteiger partial charge in [-0.2, -0.15) is 0 Å². The zero-order valence-electron chi connectivity index (χ0n) is 5.73. The molecule has 0 radical (unpaired) electrons. The monoisotopic (exact) mass is 178 g/mol. The minimum Gasteiger partial charge on any atom is -0.269 e. The van der Waals surface area contributed by atoms with E-state index in [2.05, 4.69) is 9.97 Å². The lowest BCUT2D eigenvalue weighted by molar-refractivity contribution is 0.433. The summed E-state index contributed by atoms with van der Waals surface area (Å²) in [5.74, 6) is 0.456. The van der Waals surface area contributed by atoms with Crippen LogP contribution in [0.5, 0.6) is 0 Å². The van der Waals surface area contributed by atoms with Gasteiger partial charge in [-0.05, 0) is 17.9 Å². The van der Waals surface area contributed by atoms with Crippen molar-refractivity contribution in [2.24, 2.45) is 0 Å². The molecule has 0 amide bonds. The van der Waals surface area contributed by atoms with Crippen LogP contribution in [0.15, 0.2) is 17.3 Å². The Hall–Kier alpha value is -0.720. The lowest BCUT2D eigenvalue weighted by atomic mass is 10.6. The number of hydrogen-bond donors (Lipinski definition) is 2. The molecule has 0 atom stereocenters. The quantitative estimate of drug-likeness (QED) is 0.687. The number of aromatic nitrogens is 2. The average Bonchev–Trinajstić information content (AvgIpc) is 1.86. The van der Waals surface area contributed by atoms with Gasteiger partial charge < -0.3 is 0 Å². The summed E-state index contributed by atoms with van der Waals surface area (Å²) in [5.41, 5.74) is 0. The lowest BCUT2D eigenvalue weighted by Crippen LogP contribution is -1.94. The first kappa shape index (κ1) is 8.38. The minimum absolute atomic E-state index is 0.289. The van der Waals surface area contributed by atoms with Gasteiger partial charge in [-0.1, -0.05) is 3.89 Å². The molecule has 0 saturated heterocycles. The van der Waals surface area contributed by atoms with Crippen molar-refractivity contribution in [2.45, 2.75) is 11.8 Å². The number of hydrogen-bond acceptors (Lipinski definition) is 4. The predicted octanol–water partition coefficient (Wildman–Crippen LogP) is 1.78. The molecule has 4 nitrogen and oxygen atoms in total. The van der Waals surface area contributed by atoms with Crippen molar-refractivity contribution in [1.29, 1.82) is 0 Å². The molecule has 0 aliphatic carbocycles. The first-order chi connectivity index (χ1) is 5.00. The largest absolute Gasteiger partial charge is 0.269 e. The van der Waals surface area contributed by atoms with E-state index in [1.807, 2.05) is 0 Å². The molecule has 11 heavy (non-hydrogen) atoms. The van der Waals surface area contributed by atoms with Crippen molar-refractivity contribution in [2.75, 3.05) is 0 Å². The molecule has 1 aromatic heterocycles. The highest BCUT2D eigenvalue weighted by Gasteiger charge is 2.13. The molecule has 1 heterocycles. The van der Waals surface area contributed by atoms with E-state index in [-0.39, 0.29) is 4.90 Å². The molecule has 6 heteroatoms. The van der Waals surface area contributed by atoms with Crippen LogP contribution in [0.1, 0.15) is 5.82 Å². The predicted molar refractivity (Wildman–Crippen MR) is 39.0 cm³/mol. The fourth-order valence-electron chi connectivity index (χ4n) is 0.515. The zero-order valence-corrected chi connectivity index (χ0v) is 6.55. The van der Waals surface area contributed by atoms with Crippen molar-refractivity contribution in [3.8, 4) is 0 Å². The average molecular weight is 178 g/mol. The van der Waals surface area contributed by atoms with Gasteiger partial charge in [-0.25, -0.2) is 9.97 Å². The van der Waals surface area contributed by atoms with Crippen LogP contribution in [0.2, 0.25) is 0 Å². The summed E-state index contributed by atoms with van der Waals surface area (Å²) in [6.45, 7) is 1.62. The second-order valence-corrected chi connectivity index (χ2v) is 3.38. The van der Waals surface area contributed by atoms with E-state index in [9.17, 15) is 3.89 Å². The van der Waals surface area contributed by atoms with Crippen molar-refractivity contribution >= 4 is 11.0 Å². The molecular formula is C5H7FN2O2S. The van der Waals surface area contributed by atoms with Gasteiger partial charge in [0.2, 0.25) is 0 Å². The second-order valence-electron chi connectivity index (χ2n) is 1.95. The fraction of sp³-hybridized carbons (Fsp3) is 0.200. The first-order valence-corrected chi connectivity index (χ1v) is 4.21. The number of rotatable bonds is 1. The standard InChI is InChI=1S/C5H7FN2O2S/c1-4-7-2-5(3-8-4)11(6,9)10/h2-3,9-10H,1H3. The highest BCUT2D eigenvalue weighted by Crippen LogP contribution is 2.48. The van der Waals surface area contributed by atoms with Gasteiger partial charge in [0.1, 0.15) is 10.7 Å². The first-order valence-electron chi connectivity index (χ1n) is 2.76. The fourth-order valence-corrected chi connectivity index (χ4v) is 0.889. The summed E-state index contributed by atoms with van der Waals surface area (Å²) in [6, 6.07) is 0. The molecule has 0 saturated carbocycles. The van der Waals surface area contributed by atoms with E-state index in [1.165, 1.54) is 0 Å². The Morgan fingerprint density at radius 3 is 2.18 bits per heavy atom. The van der Waals surface area contributed by atoms with Crippen molar-refractivity contribution in [3.05, 3.63) is 18.2 Å². The molecule has 0 spiro atoms. The number of halogens is 1. The van der Waals surface area contributed by atoms with Gasteiger partial charge in [-0.15, -0.1) is 0 Å². The summed E-state index contributed by atoms with van der Waals surface area (Å²) in [6.07, 6.45) is 2.11. The Kier molecular flexibility index (Phi) is 2.08. The minimum atomic E-state index is -4.14. The molecule has 2 N–H and O–H groups in total. The third-order valence-electron chi connectivity index (χ3n) is 1.06. The van der Waals surface area contributed by atoms with Gasteiger partial charge in [0.15, 0.2) is 0 Å². The van der Waals surface area contributed by atoms with Gasteiger partial charge in [0.05, 0.1) is 12.4 Å². The summed E-state index contributed by atoms with van der Waals surface area (Å²) >= 11 is 0. The van der Waals surface area contributed by atoms with E-state index in [4.69, 9.17) is 9.11 Å². The maximum Gasteiger partial charge on any atom is 0.128 e. The SMILES string of the molecule is Cc1ncc(S(O)(O)F)cn1. The van der Waals surface area contributed by atoms with E-state index in [0.29, 0.717) is 5.82 Å². The lowest BCUT2D eigenvalue weighted by Gasteiger charge is -2.19. The van der Waals surface area contributed by atoms with E-state index < -0.39 is 11.0 Å². The second kappa shape index (κ2) is 2.72. The summed E-state index contributed by atoms with van der Waals surface area (Å²) in [5, 5.41) is 0. The molecule has 0 aliphatic rings. The van der Waals surface area contributed by atoms with Gasteiger partial charge in [-0.3, -0.25) is 9.11 Å². The van der Waals surface area contributed by atoms with Crippen LogP contribution in [0.3, 0.4) is 0 Å². The van der Waals surface area contributed by atoms with Crippen LogP contribution in [0.4, 0.5) is 3.89 Å². The zero-order chi connectivity index (χ0) is 8.48. The van der Waals surface area contributed by atoms with Crippen LogP contribution < -0.4 is 0 Å². The van der Waals surface area contributed by atoms with E-state index in [0.717, 1.165) is 12.4 Å². The highest BCUT2D eigenvalue weighted by atomic mass is 32.3. The molecule has 0 fully saturated rings. The van der Waals surface area contributed by atoms with Gasteiger partial charge in [0.25, 0.3) is 0 Å². The molecule has 0 aliphatic heterocycles. The Morgan fingerprint density at radius 1 is 1.36 bits per heavy atom. The van der Waals surface area contributed by atoms with Crippen molar-refractivity contribution < 1.29 is 13.0 Å². The molecule has 0 aromatic carbocycles. The van der Waals surface area contributed by atoms with Crippen molar-refractivity contribution in [3.63, 3.8) is 0 Å². The molecule has 0 unspecified atom stereocenters. The van der Waals surface area contributed by atoms with Crippen LogP contribution >= 0.6 is 11.0 Å². The van der Waals surface area contributed by atoms with E-state index >= 15 is 0 Å². The van der Waals surface area contributed by atoms with Crippen LogP contribution in [0, 0.1) is 6.92 Å². The molecule has 0 bridgehead atoms. The van der Waals surface area contributed by atoms with Gasteiger partial charge in [0, 0.05) is 0 Å². The number of nitrogens with zero attached hydrogens (tertiary/aromatic N) is 2. The Balaban J connectivity index is 2.99. The maximum absolute atomic E-state index is 12.4. The Morgan fingerprint density at radius 2 is 1.82 bits per heavy atom. The topological polar surface area (TPSA) is 66.2 Å². The smallest absolute Gasteiger partial charge is 0.128 e. The molecule has 1 aromatic rings.